The van der Waals surface area contributed by atoms with E-state index in [9.17, 15) is 14.4 Å². The van der Waals surface area contributed by atoms with E-state index in [1.807, 2.05) is 6.07 Å². The van der Waals surface area contributed by atoms with Crippen LogP contribution in [0, 0.1) is 0 Å². The minimum absolute atomic E-state index is 0. The van der Waals surface area contributed by atoms with E-state index in [-0.39, 0.29) is 36.7 Å². The molecule has 2 aromatic rings. The molecule has 1 fully saturated rings. The van der Waals surface area contributed by atoms with Crippen LogP contribution in [0.25, 0.3) is 10.9 Å². The van der Waals surface area contributed by atoms with Crippen molar-refractivity contribution in [3.63, 3.8) is 0 Å². The van der Waals surface area contributed by atoms with Crippen LogP contribution >= 0.6 is 12.4 Å². The van der Waals surface area contributed by atoms with Gasteiger partial charge in [-0.2, -0.15) is 4.68 Å². The zero-order chi connectivity index (χ0) is 22.1. The average Bonchev–Trinajstić information content (AvgIpc) is 2.76. The van der Waals surface area contributed by atoms with E-state index in [2.05, 4.69) is 20.9 Å². The highest BCUT2D eigenvalue weighted by molar-refractivity contribution is 5.99. The molecule has 0 aliphatic carbocycles. The maximum absolute atomic E-state index is 12.9. The maximum atomic E-state index is 12.9. The van der Waals surface area contributed by atoms with Crippen LogP contribution in [0.3, 0.4) is 0 Å². The van der Waals surface area contributed by atoms with Crippen molar-refractivity contribution in [2.24, 2.45) is 5.73 Å². The number of hydrogen-bond donors (Lipinski definition) is 3. The number of carbonyl (C=O) groups excluding carboxylic acids is 2. The Labute approximate surface area is 193 Å². The van der Waals surface area contributed by atoms with Crippen molar-refractivity contribution in [2.75, 3.05) is 18.4 Å². The summed E-state index contributed by atoms with van der Waals surface area (Å²) in [5.41, 5.74) is 6.45. The number of hydrogen-bond acceptors (Lipinski definition) is 7. The first-order valence-electron chi connectivity index (χ1n) is 11.3. The third-order valence-corrected chi connectivity index (χ3v) is 5.65. The number of nitrogens with two attached hydrogens (primary N) is 1. The normalized spacial score (nSPS) is 16.0. The van der Waals surface area contributed by atoms with Gasteiger partial charge in [-0.25, -0.2) is 0 Å². The van der Waals surface area contributed by atoms with Crippen molar-refractivity contribution in [2.45, 2.75) is 70.3 Å². The monoisotopic (exact) mass is 464 g/mol. The van der Waals surface area contributed by atoms with E-state index in [4.69, 9.17) is 5.73 Å². The Kier molecular flexibility index (Phi) is 10.6. The molecule has 9 nitrogen and oxygen atoms in total. The number of nitrogens with zero attached hydrogens (tertiary/aromatic N) is 3. The maximum Gasteiger partial charge on any atom is 0.278 e. The lowest BCUT2D eigenvalue weighted by Gasteiger charge is -2.21. The van der Waals surface area contributed by atoms with Gasteiger partial charge in [0.2, 0.25) is 5.91 Å². The minimum atomic E-state index is -0.811. The molecule has 10 heteroatoms. The first-order chi connectivity index (χ1) is 15.1. The van der Waals surface area contributed by atoms with Crippen LogP contribution in [0.1, 0.15) is 70.3 Å². The molecule has 4 N–H and O–H groups in total. The average molecular weight is 465 g/mol. The van der Waals surface area contributed by atoms with Crippen molar-refractivity contribution >= 4 is 40.8 Å². The van der Waals surface area contributed by atoms with Gasteiger partial charge in [0.15, 0.2) is 0 Å². The van der Waals surface area contributed by atoms with E-state index >= 15 is 0 Å². The van der Waals surface area contributed by atoms with Gasteiger partial charge < -0.3 is 11.1 Å². The number of fused-ring (bicyclic) bond motifs is 1. The highest BCUT2D eigenvalue weighted by Crippen LogP contribution is 2.18. The molecule has 176 valence electrons. The molecule has 1 aliphatic heterocycles. The van der Waals surface area contributed by atoms with Crippen molar-refractivity contribution in [3.8, 4) is 0 Å². The van der Waals surface area contributed by atoms with Gasteiger partial charge in [-0.05, 0) is 44.0 Å². The Morgan fingerprint density at radius 3 is 2.41 bits per heavy atom. The summed E-state index contributed by atoms with van der Waals surface area (Å²) < 4.78 is 1.08. The predicted molar refractivity (Wildman–Crippen MR) is 127 cm³/mol. The Morgan fingerprint density at radius 2 is 1.72 bits per heavy atom. The van der Waals surface area contributed by atoms with Crippen LogP contribution in [0.2, 0.25) is 0 Å². The van der Waals surface area contributed by atoms with Gasteiger partial charge in [0, 0.05) is 18.7 Å². The summed E-state index contributed by atoms with van der Waals surface area (Å²) >= 11 is 0. The fourth-order valence-corrected chi connectivity index (χ4v) is 3.85. The predicted octanol–water partition coefficient (Wildman–Crippen LogP) is 2.68. The van der Waals surface area contributed by atoms with Gasteiger partial charge in [0.05, 0.1) is 5.39 Å². The summed E-state index contributed by atoms with van der Waals surface area (Å²) in [5, 5.41) is 14.0. The molecule has 0 bridgehead atoms. The summed E-state index contributed by atoms with van der Waals surface area (Å²) in [4.78, 5) is 36.4. The van der Waals surface area contributed by atoms with Gasteiger partial charge in [-0.1, -0.05) is 43.7 Å². The third-order valence-electron chi connectivity index (χ3n) is 5.65. The van der Waals surface area contributed by atoms with Crippen molar-refractivity contribution < 1.29 is 9.59 Å². The van der Waals surface area contributed by atoms with Crippen LogP contribution in [0.5, 0.6) is 0 Å². The van der Waals surface area contributed by atoms with E-state index < -0.39 is 11.9 Å². The third kappa shape index (κ3) is 7.00. The topological polar surface area (TPSA) is 132 Å². The standard InChI is InChI=1S/C22H32N6O3.ClH/c23-13-7-5-3-1-2-4-6-8-14-24-16-9-10-18-17(15-16)22(31)28(27-26-18)19-11-12-20(29)25-21(19)30;/h9-10,15,19,24H,1-8,11-14,23H2,(H,25,29,30);1H. The molecule has 2 heterocycles. The number of anilines is 1. The number of halogens is 1. The minimum Gasteiger partial charge on any atom is -0.385 e. The number of nitrogens with one attached hydrogen (secondary N) is 2. The highest BCUT2D eigenvalue weighted by atomic mass is 35.5. The molecule has 32 heavy (non-hydrogen) atoms. The Hall–Kier alpha value is -2.52. The molecular formula is C22H33ClN6O3. The second-order valence-electron chi connectivity index (χ2n) is 8.08. The van der Waals surface area contributed by atoms with Crippen molar-refractivity contribution in [1.82, 2.24) is 20.3 Å². The van der Waals surface area contributed by atoms with Crippen molar-refractivity contribution in [1.29, 1.82) is 0 Å². The van der Waals surface area contributed by atoms with Crippen LogP contribution < -0.4 is 21.9 Å². The summed E-state index contributed by atoms with van der Waals surface area (Å²) in [5.74, 6) is -0.846. The fourth-order valence-electron chi connectivity index (χ4n) is 3.85. The van der Waals surface area contributed by atoms with Gasteiger partial charge in [-0.3, -0.25) is 19.7 Å². The Bertz CT molecular complexity index is 964. The molecule has 0 spiro atoms. The fraction of sp³-hybridized carbons (Fsp3) is 0.591. The van der Waals surface area contributed by atoms with Gasteiger partial charge in [0.1, 0.15) is 11.6 Å². The van der Waals surface area contributed by atoms with E-state index in [0.29, 0.717) is 10.9 Å². The Morgan fingerprint density at radius 1 is 1.03 bits per heavy atom. The largest absolute Gasteiger partial charge is 0.385 e. The molecule has 1 saturated heterocycles. The Balaban J connectivity index is 0.00000363. The lowest BCUT2D eigenvalue weighted by molar-refractivity contribution is -0.136. The second-order valence-corrected chi connectivity index (χ2v) is 8.08. The lowest BCUT2D eigenvalue weighted by Crippen LogP contribution is -2.45. The molecule has 1 aliphatic rings. The number of rotatable bonds is 12. The number of piperidine rings is 1. The molecule has 3 rings (SSSR count). The zero-order valence-electron chi connectivity index (χ0n) is 18.3. The van der Waals surface area contributed by atoms with Gasteiger partial charge >= 0.3 is 0 Å². The molecule has 2 amide bonds. The van der Waals surface area contributed by atoms with Crippen LogP contribution in [0.4, 0.5) is 5.69 Å². The SMILES string of the molecule is Cl.NCCCCCCCCCCNc1ccc2nnn(C3CCC(=O)NC3=O)c(=O)c2c1. The van der Waals surface area contributed by atoms with E-state index in [1.165, 1.54) is 38.5 Å². The van der Waals surface area contributed by atoms with Crippen LogP contribution in [0.15, 0.2) is 23.0 Å². The molecule has 1 atom stereocenters. The van der Waals surface area contributed by atoms with Gasteiger partial charge in [0.25, 0.3) is 11.5 Å². The van der Waals surface area contributed by atoms with Gasteiger partial charge in [-0.15, -0.1) is 17.5 Å². The number of aromatic nitrogens is 3. The first-order valence-corrected chi connectivity index (χ1v) is 11.3. The molecular weight excluding hydrogens is 432 g/mol. The molecule has 1 aromatic heterocycles. The lowest BCUT2D eigenvalue weighted by atomic mass is 10.1. The van der Waals surface area contributed by atoms with Crippen LogP contribution in [-0.4, -0.2) is 39.9 Å². The molecule has 1 aromatic carbocycles. The summed E-state index contributed by atoms with van der Waals surface area (Å²) in [6.07, 6.45) is 10.1. The number of unbranched alkanes of at least 4 members (excludes halogenated alkanes) is 7. The number of amides is 2. The van der Waals surface area contributed by atoms with E-state index in [0.717, 1.165) is 36.3 Å². The molecule has 1 unspecified atom stereocenters. The number of carbonyl (C=O) groups is 2. The highest BCUT2D eigenvalue weighted by Gasteiger charge is 2.30. The van der Waals surface area contributed by atoms with E-state index in [1.54, 1.807) is 12.1 Å². The number of imide groups is 1. The quantitative estimate of drug-likeness (QED) is 0.325. The second kappa shape index (κ2) is 13.1. The van der Waals surface area contributed by atoms with Crippen molar-refractivity contribution in [3.05, 3.63) is 28.6 Å². The summed E-state index contributed by atoms with van der Waals surface area (Å²) in [7, 11) is 0. The molecule has 0 radical (unpaired) electrons. The summed E-state index contributed by atoms with van der Waals surface area (Å²) in [6, 6.07) is 4.58. The first kappa shape index (κ1) is 25.7. The molecule has 0 saturated carbocycles. The summed E-state index contributed by atoms with van der Waals surface area (Å²) in [6.45, 7) is 1.62. The van der Waals surface area contributed by atoms with Crippen LogP contribution in [-0.2, 0) is 9.59 Å². The number of benzene rings is 1. The zero-order valence-corrected chi connectivity index (χ0v) is 19.2. The smallest absolute Gasteiger partial charge is 0.278 e.